The fourth-order valence-electron chi connectivity index (χ4n) is 1.26. The van der Waals surface area contributed by atoms with Crippen LogP contribution >= 0.6 is 11.6 Å². The van der Waals surface area contributed by atoms with Crippen molar-refractivity contribution in [2.24, 2.45) is 0 Å². The van der Waals surface area contributed by atoms with Crippen molar-refractivity contribution in [1.29, 1.82) is 5.26 Å². The molecule has 0 fully saturated rings. The Hall–Kier alpha value is -1.42. The largest absolute Gasteiger partial charge is 0.433 e. The predicted octanol–water partition coefficient (Wildman–Crippen LogP) is 3.76. The monoisotopic (exact) mass is 270 g/mol. The predicted molar refractivity (Wildman–Crippen MR) is 48.5 cm³/mol. The molecule has 1 heterocycles. The van der Waals surface area contributed by atoms with Gasteiger partial charge in [-0.3, -0.25) is 0 Å². The van der Waals surface area contributed by atoms with E-state index in [4.69, 9.17) is 16.9 Å². The molecule has 8 heteroatoms. The van der Waals surface area contributed by atoms with Gasteiger partial charge in [0.1, 0.15) is 5.15 Å². The second-order valence-corrected chi connectivity index (χ2v) is 3.39. The van der Waals surface area contributed by atoms with Crippen molar-refractivity contribution in [3.63, 3.8) is 0 Å². The smallest absolute Gasteiger partial charge is 0.231 e. The zero-order chi connectivity index (χ0) is 13.2. The van der Waals surface area contributed by atoms with Crippen LogP contribution in [0.1, 0.15) is 23.2 Å². The maximum Gasteiger partial charge on any atom is 0.433 e. The Balaban J connectivity index is 3.53. The van der Waals surface area contributed by atoms with Crippen molar-refractivity contribution in [1.82, 2.24) is 4.98 Å². The Bertz CT molecular complexity index is 464. The number of nitriles is 1. The van der Waals surface area contributed by atoms with Crippen molar-refractivity contribution in [3.05, 3.63) is 28.0 Å². The van der Waals surface area contributed by atoms with Crippen LogP contribution in [-0.2, 0) is 12.6 Å². The molecular formula is C9H4ClF5N2. The van der Waals surface area contributed by atoms with E-state index >= 15 is 0 Å². The van der Waals surface area contributed by atoms with E-state index in [0.29, 0.717) is 0 Å². The van der Waals surface area contributed by atoms with Gasteiger partial charge in [-0.2, -0.15) is 18.4 Å². The molecule has 0 amide bonds. The lowest BCUT2D eigenvalue weighted by Crippen LogP contribution is -2.14. The van der Waals surface area contributed by atoms with Crippen LogP contribution in [0.2, 0.25) is 5.15 Å². The van der Waals surface area contributed by atoms with Crippen molar-refractivity contribution in [3.8, 4) is 6.07 Å². The lowest BCUT2D eigenvalue weighted by atomic mass is 10.0. The topological polar surface area (TPSA) is 36.7 Å². The van der Waals surface area contributed by atoms with Crippen molar-refractivity contribution in [2.75, 3.05) is 0 Å². The Labute approximate surface area is 97.6 Å². The van der Waals surface area contributed by atoms with Gasteiger partial charge in [-0.1, -0.05) is 11.6 Å². The summed E-state index contributed by atoms with van der Waals surface area (Å²) in [5, 5.41) is 7.79. The number of hydrogen-bond acceptors (Lipinski definition) is 2. The van der Waals surface area contributed by atoms with Gasteiger partial charge in [0.05, 0.1) is 18.1 Å². The lowest BCUT2D eigenvalue weighted by molar-refractivity contribution is -0.143. The van der Waals surface area contributed by atoms with E-state index < -0.39 is 41.0 Å². The van der Waals surface area contributed by atoms with Gasteiger partial charge in [-0.15, -0.1) is 0 Å². The molecule has 0 spiro atoms. The fraction of sp³-hybridized carbons (Fsp3) is 0.333. The Morgan fingerprint density at radius 1 is 1.41 bits per heavy atom. The minimum Gasteiger partial charge on any atom is -0.231 e. The first-order valence-electron chi connectivity index (χ1n) is 4.19. The summed E-state index contributed by atoms with van der Waals surface area (Å²) in [6.45, 7) is 0. The third kappa shape index (κ3) is 3.03. The molecule has 1 aromatic heterocycles. The molecule has 2 nitrogen and oxygen atoms in total. The first-order valence-corrected chi connectivity index (χ1v) is 4.56. The molecule has 0 saturated carbocycles. The molecule has 0 aliphatic rings. The molecule has 92 valence electrons. The Morgan fingerprint density at radius 3 is 2.41 bits per heavy atom. The zero-order valence-electron chi connectivity index (χ0n) is 8.02. The Morgan fingerprint density at radius 2 is 2.00 bits per heavy atom. The average molecular weight is 271 g/mol. The van der Waals surface area contributed by atoms with E-state index in [1.165, 1.54) is 6.07 Å². The number of alkyl halides is 5. The Kier molecular flexibility index (Phi) is 3.88. The molecule has 0 unspecified atom stereocenters. The highest BCUT2D eigenvalue weighted by Gasteiger charge is 2.39. The first kappa shape index (κ1) is 13.6. The van der Waals surface area contributed by atoms with E-state index in [1.54, 1.807) is 0 Å². The van der Waals surface area contributed by atoms with Crippen LogP contribution < -0.4 is 0 Å². The van der Waals surface area contributed by atoms with Gasteiger partial charge < -0.3 is 0 Å². The van der Waals surface area contributed by atoms with Gasteiger partial charge in [0.15, 0.2) is 5.69 Å². The summed E-state index contributed by atoms with van der Waals surface area (Å²) in [7, 11) is 0. The van der Waals surface area contributed by atoms with Gasteiger partial charge in [0.2, 0.25) is 0 Å². The zero-order valence-corrected chi connectivity index (χ0v) is 8.78. The third-order valence-electron chi connectivity index (χ3n) is 1.87. The van der Waals surface area contributed by atoms with Crippen LogP contribution in [0.5, 0.6) is 0 Å². The summed E-state index contributed by atoms with van der Waals surface area (Å²) in [6.07, 6.45) is -9.01. The van der Waals surface area contributed by atoms with Crippen LogP contribution in [-0.4, -0.2) is 4.98 Å². The van der Waals surface area contributed by atoms with Crippen LogP contribution in [0.4, 0.5) is 22.0 Å². The van der Waals surface area contributed by atoms with E-state index in [0.717, 1.165) is 6.07 Å². The number of hydrogen-bond donors (Lipinski definition) is 0. The van der Waals surface area contributed by atoms with Crippen LogP contribution in [0.25, 0.3) is 0 Å². The molecule has 0 N–H and O–H groups in total. The molecule has 0 aliphatic heterocycles. The van der Waals surface area contributed by atoms with Gasteiger partial charge in [-0.05, 0) is 11.6 Å². The number of aromatic nitrogens is 1. The van der Waals surface area contributed by atoms with E-state index in [1.807, 2.05) is 0 Å². The van der Waals surface area contributed by atoms with Crippen molar-refractivity contribution < 1.29 is 22.0 Å². The number of rotatable bonds is 2. The summed E-state index contributed by atoms with van der Waals surface area (Å²) in [6, 6.07) is 2.33. The highest BCUT2D eigenvalue weighted by molar-refractivity contribution is 6.29. The molecule has 0 atom stereocenters. The number of pyridine rings is 1. The standard InChI is InChI=1S/C9H4ClF5N2/c10-5-3-4(1-2-16)6(8(11)12)7(17-5)9(13,14)15/h3,8H,1H2. The van der Waals surface area contributed by atoms with Gasteiger partial charge >= 0.3 is 6.18 Å². The number of halogens is 6. The molecule has 0 saturated heterocycles. The van der Waals surface area contributed by atoms with Crippen molar-refractivity contribution in [2.45, 2.75) is 19.0 Å². The van der Waals surface area contributed by atoms with E-state index in [-0.39, 0.29) is 0 Å². The molecule has 1 aromatic rings. The fourth-order valence-corrected chi connectivity index (χ4v) is 1.48. The summed E-state index contributed by atoms with van der Waals surface area (Å²) >= 11 is 5.30. The minimum atomic E-state index is -5.04. The average Bonchev–Trinajstić information content (AvgIpc) is 2.15. The minimum absolute atomic E-state index is 0.463. The maximum absolute atomic E-state index is 12.6. The quantitative estimate of drug-likeness (QED) is 0.606. The van der Waals surface area contributed by atoms with Gasteiger partial charge in [0, 0.05) is 0 Å². The molecule has 0 radical (unpaired) electrons. The third-order valence-corrected chi connectivity index (χ3v) is 2.06. The van der Waals surface area contributed by atoms with Gasteiger partial charge in [0.25, 0.3) is 6.43 Å². The second-order valence-electron chi connectivity index (χ2n) is 3.00. The first-order chi connectivity index (χ1) is 7.77. The van der Waals surface area contributed by atoms with Crippen LogP contribution in [0.3, 0.4) is 0 Å². The molecule has 0 aliphatic carbocycles. The summed E-state index contributed by atoms with van der Waals surface area (Å²) in [5.41, 5.74) is -3.50. The molecular weight excluding hydrogens is 267 g/mol. The van der Waals surface area contributed by atoms with Crippen molar-refractivity contribution >= 4 is 11.6 Å². The summed E-state index contributed by atoms with van der Waals surface area (Å²) in [4.78, 5) is 2.86. The van der Waals surface area contributed by atoms with Crippen LogP contribution in [0.15, 0.2) is 6.07 Å². The molecule has 1 rings (SSSR count). The molecule has 17 heavy (non-hydrogen) atoms. The summed E-state index contributed by atoms with van der Waals surface area (Å²) < 4.78 is 62.6. The molecule has 0 bridgehead atoms. The molecule has 0 aromatic carbocycles. The number of nitrogens with zero attached hydrogens (tertiary/aromatic N) is 2. The van der Waals surface area contributed by atoms with Crippen LogP contribution in [0, 0.1) is 11.3 Å². The normalized spacial score (nSPS) is 11.6. The summed E-state index contributed by atoms with van der Waals surface area (Å²) in [5.74, 6) is 0. The van der Waals surface area contributed by atoms with E-state index in [2.05, 4.69) is 4.98 Å². The highest BCUT2D eigenvalue weighted by Crippen LogP contribution is 2.37. The highest BCUT2D eigenvalue weighted by atomic mass is 35.5. The SMILES string of the molecule is N#CCc1cc(Cl)nc(C(F)(F)F)c1C(F)F. The second kappa shape index (κ2) is 4.84. The van der Waals surface area contributed by atoms with Gasteiger partial charge in [-0.25, -0.2) is 13.8 Å². The lowest BCUT2D eigenvalue weighted by Gasteiger charge is -2.14. The van der Waals surface area contributed by atoms with E-state index in [9.17, 15) is 22.0 Å². The maximum atomic E-state index is 12.6.